The molecular formula is C16H13ClN2O. The molecule has 0 radical (unpaired) electrons. The number of aromatic nitrogens is 1. The van der Waals surface area contributed by atoms with E-state index in [4.69, 9.17) is 17.3 Å². The Labute approximate surface area is 121 Å². The van der Waals surface area contributed by atoms with Crippen molar-refractivity contribution in [3.8, 4) is 11.3 Å². The number of rotatable bonds is 2. The van der Waals surface area contributed by atoms with E-state index in [1.165, 1.54) is 0 Å². The second-order valence-electron chi connectivity index (χ2n) is 4.74. The monoisotopic (exact) mass is 284 g/mol. The number of halogens is 1. The highest BCUT2D eigenvalue weighted by Crippen LogP contribution is 2.29. The summed E-state index contributed by atoms with van der Waals surface area (Å²) < 4.78 is 2.06. The molecule has 0 aliphatic rings. The first-order chi connectivity index (χ1) is 9.56. The van der Waals surface area contributed by atoms with Crippen molar-refractivity contribution < 1.29 is 4.79 Å². The zero-order valence-electron chi connectivity index (χ0n) is 10.9. The van der Waals surface area contributed by atoms with Crippen molar-refractivity contribution in [2.24, 2.45) is 12.8 Å². The molecule has 1 aromatic heterocycles. The second-order valence-corrected chi connectivity index (χ2v) is 5.17. The minimum atomic E-state index is -0.423. The van der Waals surface area contributed by atoms with Crippen LogP contribution in [0.5, 0.6) is 0 Å². The Kier molecular flexibility index (Phi) is 2.99. The molecule has 2 aromatic carbocycles. The molecule has 3 rings (SSSR count). The molecule has 1 amide bonds. The van der Waals surface area contributed by atoms with Gasteiger partial charge >= 0.3 is 0 Å². The minimum absolute atomic E-state index is 0.423. The predicted molar refractivity (Wildman–Crippen MR) is 81.9 cm³/mol. The molecule has 0 aliphatic heterocycles. The second kappa shape index (κ2) is 4.69. The van der Waals surface area contributed by atoms with Crippen LogP contribution in [0.1, 0.15) is 10.4 Å². The van der Waals surface area contributed by atoms with Gasteiger partial charge in [-0.05, 0) is 35.9 Å². The van der Waals surface area contributed by atoms with Gasteiger partial charge in [0.2, 0.25) is 5.91 Å². The van der Waals surface area contributed by atoms with E-state index in [0.29, 0.717) is 10.6 Å². The molecule has 0 atom stereocenters. The van der Waals surface area contributed by atoms with Gasteiger partial charge in [-0.3, -0.25) is 4.79 Å². The summed E-state index contributed by atoms with van der Waals surface area (Å²) in [5.74, 6) is -0.423. The molecule has 3 nitrogen and oxygen atoms in total. The van der Waals surface area contributed by atoms with Crippen molar-refractivity contribution in [3.05, 3.63) is 59.1 Å². The summed E-state index contributed by atoms with van der Waals surface area (Å²) in [4.78, 5) is 11.3. The third-order valence-corrected chi connectivity index (χ3v) is 3.69. The Morgan fingerprint density at radius 2 is 1.95 bits per heavy atom. The number of hydrogen-bond donors (Lipinski definition) is 1. The maximum Gasteiger partial charge on any atom is 0.248 e. The third kappa shape index (κ3) is 2.06. The number of amides is 1. The number of benzene rings is 2. The molecule has 100 valence electrons. The SMILES string of the molecule is Cn1c(-c2cccc(C(N)=O)c2)cc2ccc(Cl)cc21. The number of carbonyl (C=O) groups is 1. The number of fused-ring (bicyclic) bond motifs is 1. The van der Waals surface area contributed by atoms with Crippen LogP contribution in [0.4, 0.5) is 0 Å². The smallest absolute Gasteiger partial charge is 0.248 e. The standard InChI is InChI=1S/C16H13ClN2O/c1-19-14(8-11-5-6-13(17)9-15(11)19)10-3-2-4-12(7-10)16(18)20/h2-9H,1H3,(H2,18,20). The van der Waals surface area contributed by atoms with Gasteiger partial charge < -0.3 is 10.3 Å². The maximum absolute atomic E-state index is 11.3. The molecule has 2 N–H and O–H groups in total. The van der Waals surface area contributed by atoms with Gasteiger partial charge in [-0.1, -0.05) is 29.8 Å². The molecule has 0 bridgehead atoms. The molecule has 0 saturated heterocycles. The minimum Gasteiger partial charge on any atom is -0.366 e. The predicted octanol–water partition coefficient (Wildman–Crippen LogP) is 3.60. The first-order valence-corrected chi connectivity index (χ1v) is 6.59. The fourth-order valence-electron chi connectivity index (χ4n) is 2.41. The normalized spacial score (nSPS) is 10.9. The fourth-order valence-corrected chi connectivity index (χ4v) is 2.58. The summed E-state index contributed by atoms with van der Waals surface area (Å²) in [6.45, 7) is 0. The quantitative estimate of drug-likeness (QED) is 0.768. The first-order valence-electron chi connectivity index (χ1n) is 6.21. The molecule has 0 spiro atoms. The Balaban J connectivity index is 2.22. The Morgan fingerprint density at radius 1 is 1.15 bits per heavy atom. The number of carbonyl (C=O) groups excluding carboxylic acids is 1. The van der Waals surface area contributed by atoms with Crippen molar-refractivity contribution in [2.45, 2.75) is 0 Å². The maximum atomic E-state index is 11.3. The summed E-state index contributed by atoms with van der Waals surface area (Å²) in [6.07, 6.45) is 0. The highest BCUT2D eigenvalue weighted by Gasteiger charge is 2.10. The molecular weight excluding hydrogens is 272 g/mol. The molecule has 4 heteroatoms. The van der Waals surface area contributed by atoms with E-state index in [1.807, 2.05) is 37.4 Å². The van der Waals surface area contributed by atoms with Crippen molar-refractivity contribution in [2.75, 3.05) is 0 Å². The average molecular weight is 285 g/mol. The van der Waals surface area contributed by atoms with Crippen LogP contribution in [0.3, 0.4) is 0 Å². The van der Waals surface area contributed by atoms with E-state index in [-0.39, 0.29) is 0 Å². The van der Waals surface area contributed by atoms with Crippen LogP contribution < -0.4 is 5.73 Å². The van der Waals surface area contributed by atoms with Crippen LogP contribution in [0.15, 0.2) is 48.5 Å². The van der Waals surface area contributed by atoms with E-state index in [2.05, 4.69) is 10.6 Å². The van der Waals surface area contributed by atoms with Crippen molar-refractivity contribution in [1.82, 2.24) is 4.57 Å². The lowest BCUT2D eigenvalue weighted by atomic mass is 10.1. The molecule has 20 heavy (non-hydrogen) atoms. The van der Waals surface area contributed by atoms with Crippen LogP contribution >= 0.6 is 11.6 Å². The van der Waals surface area contributed by atoms with Crippen LogP contribution in [0.25, 0.3) is 22.2 Å². The Hall–Kier alpha value is -2.26. The largest absolute Gasteiger partial charge is 0.366 e. The van der Waals surface area contributed by atoms with Gasteiger partial charge in [-0.15, -0.1) is 0 Å². The lowest BCUT2D eigenvalue weighted by molar-refractivity contribution is 0.100. The van der Waals surface area contributed by atoms with Crippen molar-refractivity contribution in [1.29, 1.82) is 0 Å². The van der Waals surface area contributed by atoms with Crippen LogP contribution in [0, 0.1) is 0 Å². The molecule has 1 heterocycles. The summed E-state index contributed by atoms with van der Waals surface area (Å²) in [5.41, 5.74) is 8.86. The van der Waals surface area contributed by atoms with Gasteiger partial charge in [0.25, 0.3) is 0 Å². The highest BCUT2D eigenvalue weighted by molar-refractivity contribution is 6.31. The van der Waals surface area contributed by atoms with Gasteiger partial charge in [0.1, 0.15) is 0 Å². The molecule has 3 aromatic rings. The number of hydrogen-bond acceptors (Lipinski definition) is 1. The first kappa shape index (κ1) is 12.8. The van der Waals surface area contributed by atoms with Crippen LogP contribution in [-0.4, -0.2) is 10.5 Å². The Bertz CT molecular complexity index is 820. The third-order valence-electron chi connectivity index (χ3n) is 3.45. The number of nitrogens with two attached hydrogens (primary N) is 1. The van der Waals surface area contributed by atoms with E-state index in [1.54, 1.807) is 12.1 Å². The zero-order chi connectivity index (χ0) is 14.3. The highest BCUT2D eigenvalue weighted by atomic mass is 35.5. The fraction of sp³-hybridized carbons (Fsp3) is 0.0625. The molecule has 0 aliphatic carbocycles. The van der Waals surface area contributed by atoms with Gasteiger partial charge in [0.05, 0.1) is 0 Å². The summed E-state index contributed by atoms with van der Waals surface area (Å²) >= 11 is 6.04. The number of primary amides is 1. The van der Waals surface area contributed by atoms with Crippen molar-refractivity contribution >= 4 is 28.4 Å². The molecule has 0 fully saturated rings. The van der Waals surface area contributed by atoms with Gasteiger partial charge in [0.15, 0.2) is 0 Å². The van der Waals surface area contributed by atoms with Gasteiger partial charge in [-0.25, -0.2) is 0 Å². The number of nitrogens with zero attached hydrogens (tertiary/aromatic N) is 1. The number of aryl methyl sites for hydroxylation is 1. The van der Waals surface area contributed by atoms with E-state index in [9.17, 15) is 4.79 Å². The molecule has 0 saturated carbocycles. The van der Waals surface area contributed by atoms with Gasteiger partial charge in [0, 0.05) is 34.2 Å². The lowest BCUT2D eigenvalue weighted by Crippen LogP contribution is -2.10. The van der Waals surface area contributed by atoms with E-state index in [0.717, 1.165) is 22.2 Å². The van der Waals surface area contributed by atoms with E-state index >= 15 is 0 Å². The van der Waals surface area contributed by atoms with E-state index < -0.39 is 5.91 Å². The Morgan fingerprint density at radius 3 is 2.70 bits per heavy atom. The zero-order valence-corrected chi connectivity index (χ0v) is 11.7. The summed E-state index contributed by atoms with van der Waals surface area (Å²) in [6, 6.07) is 15.2. The summed E-state index contributed by atoms with van der Waals surface area (Å²) in [7, 11) is 1.98. The van der Waals surface area contributed by atoms with Crippen LogP contribution in [-0.2, 0) is 7.05 Å². The van der Waals surface area contributed by atoms with Crippen LogP contribution in [0.2, 0.25) is 5.02 Å². The van der Waals surface area contributed by atoms with Crippen molar-refractivity contribution in [3.63, 3.8) is 0 Å². The molecule has 0 unspecified atom stereocenters. The average Bonchev–Trinajstić information content (AvgIpc) is 2.76. The topological polar surface area (TPSA) is 48.0 Å². The van der Waals surface area contributed by atoms with Gasteiger partial charge in [-0.2, -0.15) is 0 Å². The summed E-state index contributed by atoms with van der Waals surface area (Å²) in [5, 5.41) is 1.81. The lowest BCUT2D eigenvalue weighted by Gasteiger charge is -2.06.